The van der Waals surface area contributed by atoms with Crippen LogP contribution in [0.4, 0.5) is 10.5 Å². The van der Waals surface area contributed by atoms with E-state index in [9.17, 15) is 4.79 Å². The molecule has 5 rings (SSSR count). The smallest absolute Gasteiger partial charge is 0.322 e. The van der Waals surface area contributed by atoms with Gasteiger partial charge >= 0.3 is 6.03 Å². The number of imidazole rings is 1. The van der Waals surface area contributed by atoms with E-state index in [2.05, 4.69) is 16.0 Å². The van der Waals surface area contributed by atoms with E-state index in [1.807, 2.05) is 24.3 Å². The number of carbonyl (C=O) groups excluding carboxylic acids is 1. The molecule has 3 heterocycles. The van der Waals surface area contributed by atoms with Crippen LogP contribution in [0.2, 0.25) is 0 Å². The number of ether oxygens (including phenoxy) is 2. The first-order chi connectivity index (χ1) is 12.8. The van der Waals surface area contributed by atoms with Crippen LogP contribution in [0.3, 0.4) is 0 Å². The average molecular weight is 350 g/mol. The summed E-state index contributed by atoms with van der Waals surface area (Å²) in [5.41, 5.74) is 2.79. The number of rotatable bonds is 1. The van der Waals surface area contributed by atoms with Gasteiger partial charge in [-0.2, -0.15) is 0 Å². The summed E-state index contributed by atoms with van der Waals surface area (Å²) in [5.74, 6) is 2.27. The molecule has 1 aromatic heterocycles. The highest BCUT2D eigenvalue weighted by Gasteiger charge is 2.22. The van der Waals surface area contributed by atoms with E-state index in [0.717, 1.165) is 29.8 Å². The number of carbonyl (C=O) groups is 1. The zero-order valence-electron chi connectivity index (χ0n) is 14.1. The summed E-state index contributed by atoms with van der Waals surface area (Å²) in [6.07, 6.45) is 0.891. The van der Waals surface area contributed by atoms with Gasteiger partial charge in [0.15, 0.2) is 11.5 Å². The number of aromatic nitrogens is 2. The van der Waals surface area contributed by atoms with Gasteiger partial charge in [0.25, 0.3) is 0 Å². The molecule has 0 radical (unpaired) electrons. The lowest BCUT2D eigenvalue weighted by molar-refractivity contribution is 0.174. The molecule has 2 aliphatic rings. The van der Waals surface area contributed by atoms with Crippen molar-refractivity contribution < 1.29 is 14.3 Å². The van der Waals surface area contributed by atoms with Crippen LogP contribution < -0.4 is 14.8 Å². The minimum atomic E-state index is -0.135. The van der Waals surface area contributed by atoms with Crippen molar-refractivity contribution in [1.82, 2.24) is 14.5 Å². The standard InChI is InChI=1S/C19H18N4O3/c24-19(20-13-6-7-16-17(10-13)26-12-25-16)22-8-3-9-23-15-5-2-1-4-14(15)21-18(23)11-22/h1-2,4-7,10H,3,8-9,11-12H2,(H,20,24). The molecule has 26 heavy (non-hydrogen) atoms. The van der Waals surface area contributed by atoms with Gasteiger partial charge in [0.1, 0.15) is 5.82 Å². The van der Waals surface area contributed by atoms with Crippen molar-refractivity contribution in [3.63, 3.8) is 0 Å². The first-order valence-corrected chi connectivity index (χ1v) is 8.68. The van der Waals surface area contributed by atoms with Gasteiger partial charge in [0, 0.05) is 24.8 Å². The lowest BCUT2D eigenvalue weighted by atomic mass is 10.3. The van der Waals surface area contributed by atoms with Crippen molar-refractivity contribution in [2.75, 3.05) is 18.7 Å². The maximum absolute atomic E-state index is 12.8. The zero-order chi connectivity index (χ0) is 17.5. The first-order valence-electron chi connectivity index (χ1n) is 8.68. The van der Waals surface area contributed by atoms with Crippen molar-refractivity contribution >= 4 is 22.8 Å². The highest BCUT2D eigenvalue weighted by Crippen LogP contribution is 2.34. The van der Waals surface area contributed by atoms with Crippen LogP contribution in [-0.4, -0.2) is 33.8 Å². The van der Waals surface area contributed by atoms with Gasteiger partial charge in [-0.25, -0.2) is 9.78 Å². The second kappa shape index (κ2) is 5.94. The average Bonchev–Trinajstić information content (AvgIpc) is 3.19. The van der Waals surface area contributed by atoms with E-state index in [0.29, 0.717) is 30.3 Å². The summed E-state index contributed by atoms with van der Waals surface area (Å²) in [7, 11) is 0. The summed E-state index contributed by atoms with van der Waals surface area (Å²) in [6, 6.07) is 13.4. The topological polar surface area (TPSA) is 68.6 Å². The Bertz CT molecular complexity index is 998. The number of benzene rings is 2. The molecule has 0 saturated carbocycles. The number of amides is 2. The Labute approximate surface area is 150 Å². The molecule has 1 N–H and O–H groups in total. The van der Waals surface area contributed by atoms with Crippen LogP contribution in [0, 0.1) is 0 Å². The molecule has 3 aromatic rings. The van der Waals surface area contributed by atoms with Crippen molar-refractivity contribution in [1.29, 1.82) is 0 Å². The number of aryl methyl sites for hydroxylation is 1. The number of para-hydroxylation sites is 2. The second-order valence-corrected chi connectivity index (χ2v) is 6.44. The van der Waals surface area contributed by atoms with Gasteiger partial charge < -0.3 is 24.3 Å². The van der Waals surface area contributed by atoms with Crippen molar-refractivity contribution in [3.8, 4) is 11.5 Å². The lowest BCUT2D eigenvalue weighted by Crippen LogP contribution is -2.34. The summed E-state index contributed by atoms with van der Waals surface area (Å²) < 4.78 is 12.9. The van der Waals surface area contributed by atoms with Gasteiger partial charge in [-0.3, -0.25) is 0 Å². The quantitative estimate of drug-likeness (QED) is 0.732. The maximum atomic E-state index is 12.8. The van der Waals surface area contributed by atoms with E-state index in [4.69, 9.17) is 14.5 Å². The predicted octanol–water partition coefficient (Wildman–Crippen LogP) is 3.20. The van der Waals surface area contributed by atoms with E-state index >= 15 is 0 Å². The number of nitrogens with zero attached hydrogens (tertiary/aromatic N) is 3. The normalized spacial score (nSPS) is 15.6. The number of hydrogen-bond donors (Lipinski definition) is 1. The molecule has 2 aromatic carbocycles. The molecule has 0 fully saturated rings. The third-order valence-corrected chi connectivity index (χ3v) is 4.79. The third-order valence-electron chi connectivity index (χ3n) is 4.79. The highest BCUT2D eigenvalue weighted by atomic mass is 16.7. The van der Waals surface area contributed by atoms with Gasteiger partial charge in [-0.15, -0.1) is 0 Å². The molecule has 2 amide bonds. The molecule has 0 unspecified atom stereocenters. The minimum absolute atomic E-state index is 0.135. The van der Waals surface area contributed by atoms with Crippen molar-refractivity contribution in [2.45, 2.75) is 19.5 Å². The maximum Gasteiger partial charge on any atom is 0.322 e. The summed E-state index contributed by atoms with van der Waals surface area (Å²) in [5, 5.41) is 2.95. The van der Waals surface area contributed by atoms with Crippen LogP contribution in [0.25, 0.3) is 11.0 Å². The first kappa shape index (κ1) is 15.1. The second-order valence-electron chi connectivity index (χ2n) is 6.44. The van der Waals surface area contributed by atoms with Gasteiger partial charge in [-0.05, 0) is 30.7 Å². The Morgan fingerprint density at radius 1 is 1.08 bits per heavy atom. The van der Waals surface area contributed by atoms with Crippen molar-refractivity contribution in [3.05, 3.63) is 48.3 Å². The molecule has 2 aliphatic heterocycles. The number of fused-ring (bicyclic) bond motifs is 4. The van der Waals surface area contributed by atoms with Crippen molar-refractivity contribution in [2.24, 2.45) is 0 Å². The largest absolute Gasteiger partial charge is 0.454 e. The minimum Gasteiger partial charge on any atom is -0.454 e. The Balaban J connectivity index is 1.37. The number of urea groups is 1. The molecule has 7 heteroatoms. The number of hydrogen-bond acceptors (Lipinski definition) is 4. The predicted molar refractivity (Wildman–Crippen MR) is 96.3 cm³/mol. The molecule has 0 saturated heterocycles. The van der Waals surface area contributed by atoms with Crippen LogP contribution in [0.5, 0.6) is 11.5 Å². The summed E-state index contributed by atoms with van der Waals surface area (Å²) in [6.45, 7) is 2.26. The van der Waals surface area contributed by atoms with Gasteiger partial charge in [0.05, 0.1) is 17.6 Å². The molecule has 0 bridgehead atoms. The fourth-order valence-electron chi connectivity index (χ4n) is 3.52. The molecular formula is C19H18N4O3. The molecule has 0 spiro atoms. The molecule has 0 atom stereocenters. The molecule has 0 aliphatic carbocycles. The zero-order valence-corrected chi connectivity index (χ0v) is 14.1. The van der Waals surface area contributed by atoms with Crippen LogP contribution in [0.1, 0.15) is 12.2 Å². The molecule has 132 valence electrons. The number of anilines is 1. The van der Waals surface area contributed by atoms with E-state index in [1.54, 1.807) is 17.0 Å². The van der Waals surface area contributed by atoms with Gasteiger partial charge in [-0.1, -0.05) is 12.1 Å². The van der Waals surface area contributed by atoms with Gasteiger partial charge in [0.2, 0.25) is 6.79 Å². The summed E-state index contributed by atoms with van der Waals surface area (Å²) in [4.78, 5) is 19.3. The van der Waals surface area contributed by atoms with Crippen LogP contribution in [0.15, 0.2) is 42.5 Å². The number of nitrogens with one attached hydrogen (secondary N) is 1. The third kappa shape index (κ3) is 2.52. The molecular weight excluding hydrogens is 332 g/mol. The Morgan fingerprint density at radius 3 is 2.92 bits per heavy atom. The summed E-state index contributed by atoms with van der Waals surface area (Å²) >= 11 is 0. The van der Waals surface area contributed by atoms with E-state index in [1.165, 1.54) is 0 Å². The Hall–Kier alpha value is -3.22. The Kier molecular flexibility index (Phi) is 3.44. The monoisotopic (exact) mass is 350 g/mol. The molecule has 7 nitrogen and oxygen atoms in total. The lowest BCUT2D eigenvalue weighted by Gasteiger charge is -2.20. The SMILES string of the molecule is O=C(Nc1ccc2c(c1)OCO2)N1CCCn2c(nc3ccccc32)C1. The van der Waals surface area contributed by atoms with Crippen LogP contribution >= 0.6 is 0 Å². The Morgan fingerprint density at radius 2 is 1.96 bits per heavy atom. The van der Waals surface area contributed by atoms with E-state index < -0.39 is 0 Å². The highest BCUT2D eigenvalue weighted by molar-refractivity contribution is 5.90. The van der Waals surface area contributed by atoms with E-state index in [-0.39, 0.29) is 12.8 Å². The van der Waals surface area contributed by atoms with Crippen LogP contribution in [-0.2, 0) is 13.1 Å². The fourth-order valence-corrected chi connectivity index (χ4v) is 3.52. The fraction of sp³-hybridized carbons (Fsp3) is 0.263.